The molecule has 192 valence electrons. The van der Waals surface area contributed by atoms with Gasteiger partial charge in [0.2, 0.25) is 0 Å². The van der Waals surface area contributed by atoms with Gasteiger partial charge in [0.05, 0.1) is 18.1 Å². The molecule has 0 aliphatic carbocycles. The number of halogens is 13. The van der Waals surface area contributed by atoms with Gasteiger partial charge in [0.15, 0.2) is 0 Å². The first-order valence-corrected chi connectivity index (χ1v) is 8.87. The number of hydrogen-bond donors (Lipinski definition) is 1. The second-order valence-electron chi connectivity index (χ2n) is 7.36. The van der Waals surface area contributed by atoms with Crippen LogP contribution in [0, 0.1) is 5.92 Å². The first-order chi connectivity index (χ1) is 14.5. The standard InChI is InChI=1S/C18H17F13O2/c1-8(2)33-11-7-5-4-6-10(11)12(32)9(3)13(19,20)14(21,22)15(23,24)16(25,26)17(27,28)18(29,30)31/h4-9,12,32H,1-3H3. The molecule has 15 heteroatoms. The van der Waals surface area contributed by atoms with E-state index in [0.29, 0.717) is 0 Å². The molecule has 1 rings (SSSR count). The van der Waals surface area contributed by atoms with E-state index in [-0.39, 0.29) is 6.92 Å². The third kappa shape index (κ3) is 4.56. The maximum absolute atomic E-state index is 14.3. The van der Waals surface area contributed by atoms with Gasteiger partial charge in [0, 0.05) is 5.56 Å². The molecule has 0 aliphatic rings. The van der Waals surface area contributed by atoms with E-state index in [1.54, 1.807) is 0 Å². The van der Waals surface area contributed by atoms with Gasteiger partial charge in [-0.3, -0.25) is 0 Å². The summed E-state index contributed by atoms with van der Waals surface area (Å²) in [5.41, 5.74) is -0.690. The molecular weight excluding hydrogens is 495 g/mol. The van der Waals surface area contributed by atoms with Crippen molar-refractivity contribution in [3.8, 4) is 5.75 Å². The molecule has 1 N–H and O–H groups in total. The molecule has 2 nitrogen and oxygen atoms in total. The fourth-order valence-electron chi connectivity index (χ4n) is 2.62. The average Bonchev–Trinajstić information content (AvgIpc) is 2.65. The number of para-hydroxylation sites is 1. The van der Waals surface area contributed by atoms with Crippen LogP contribution in [0.2, 0.25) is 0 Å². The normalized spacial score (nSPS) is 16.7. The van der Waals surface area contributed by atoms with Gasteiger partial charge in [-0.25, -0.2) is 0 Å². The number of aliphatic hydroxyl groups is 1. The van der Waals surface area contributed by atoms with Gasteiger partial charge in [0.25, 0.3) is 0 Å². The zero-order chi connectivity index (χ0) is 26.4. The summed E-state index contributed by atoms with van der Waals surface area (Å²) < 4.78 is 178. The predicted octanol–water partition coefficient (Wildman–Crippen LogP) is 6.88. The van der Waals surface area contributed by atoms with Gasteiger partial charge < -0.3 is 9.84 Å². The molecule has 0 spiro atoms. The second-order valence-corrected chi connectivity index (χ2v) is 7.36. The first kappa shape index (κ1) is 29.1. The summed E-state index contributed by atoms with van der Waals surface area (Å²) in [4.78, 5) is 0. The van der Waals surface area contributed by atoms with Crippen LogP contribution in [0.25, 0.3) is 0 Å². The predicted molar refractivity (Wildman–Crippen MR) is 87.1 cm³/mol. The highest BCUT2D eigenvalue weighted by Crippen LogP contribution is 2.62. The van der Waals surface area contributed by atoms with Crippen LogP contribution in [0.15, 0.2) is 24.3 Å². The summed E-state index contributed by atoms with van der Waals surface area (Å²) in [6.45, 7) is 2.82. The Balaban J connectivity index is 3.51. The number of ether oxygens (including phenoxy) is 1. The number of alkyl halides is 13. The van der Waals surface area contributed by atoms with E-state index in [1.165, 1.54) is 19.9 Å². The number of benzene rings is 1. The summed E-state index contributed by atoms with van der Waals surface area (Å²) in [5, 5.41) is 10.1. The highest BCUT2D eigenvalue weighted by atomic mass is 19.4. The molecule has 0 saturated heterocycles. The molecule has 1 aromatic carbocycles. The lowest BCUT2D eigenvalue weighted by atomic mass is 9.83. The fourth-order valence-corrected chi connectivity index (χ4v) is 2.62. The van der Waals surface area contributed by atoms with Crippen molar-refractivity contribution in [1.82, 2.24) is 0 Å². The maximum atomic E-state index is 14.3. The highest BCUT2D eigenvalue weighted by Gasteiger charge is 2.91. The van der Waals surface area contributed by atoms with Crippen molar-refractivity contribution in [2.45, 2.75) is 68.8 Å². The van der Waals surface area contributed by atoms with E-state index < -0.39 is 65.2 Å². The van der Waals surface area contributed by atoms with Crippen LogP contribution in [0.5, 0.6) is 5.75 Å². The second kappa shape index (κ2) is 8.69. The first-order valence-electron chi connectivity index (χ1n) is 8.87. The van der Waals surface area contributed by atoms with Crippen molar-refractivity contribution in [3.05, 3.63) is 29.8 Å². The monoisotopic (exact) mass is 512 g/mol. The zero-order valence-corrected chi connectivity index (χ0v) is 16.8. The van der Waals surface area contributed by atoms with Gasteiger partial charge in [-0.05, 0) is 19.9 Å². The Hall–Kier alpha value is -1.93. The molecule has 0 fully saturated rings. The van der Waals surface area contributed by atoms with Crippen molar-refractivity contribution in [3.63, 3.8) is 0 Å². The molecule has 0 saturated carbocycles. The summed E-state index contributed by atoms with van der Waals surface area (Å²) in [5.74, 6) is -41.4. The molecule has 2 atom stereocenters. The minimum absolute atomic E-state index is 0.0130. The molecule has 1 aromatic rings. The fraction of sp³-hybridized carbons (Fsp3) is 0.667. The molecule has 0 amide bonds. The quantitative estimate of drug-likeness (QED) is 0.366. The number of rotatable bonds is 9. The van der Waals surface area contributed by atoms with E-state index >= 15 is 0 Å². The van der Waals surface area contributed by atoms with E-state index in [1.807, 2.05) is 0 Å². The summed E-state index contributed by atoms with van der Waals surface area (Å²) in [6.07, 6.45) is -11.0. The molecule has 33 heavy (non-hydrogen) atoms. The van der Waals surface area contributed by atoms with Crippen molar-refractivity contribution in [2.24, 2.45) is 5.92 Å². The topological polar surface area (TPSA) is 29.5 Å². The lowest BCUT2D eigenvalue weighted by molar-refractivity contribution is -0.444. The Kier molecular flexibility index (Phi) is 7.67. The molecule has 2 unspecified atom stereocenters. The molecule has 0 radical (unpaired) electrons. The summed E-state index contributed by atoms with van der Waals surface area (Å²) >= 11 is 0. The summed E-state index contributed by atoms with van der Waals surface area (Å²) in [7, 11) is 0. The Bertz CT molecular complexity index is 818. The van der Waals surface area contributed by atoms with Crippen LogP contribution in [0.1, 0.15) is 32.4 Å². The van der Waals surface area contributed by atoms with Gasteiger partial charge >= 0.3 is 35.8 Å². The van der Waals surface area contributed by atoms with Gasteiger partial charge in [-0.15, -0.1) is 0 Å². The van der Waals surface area contributed by atoms with Crippen molar-refractivity contribution in [1.29, 1.82) is 0 Å². The van der Waals surface area contributed by atoms with E-state index in [0.717, 1.165) is 18.2 Å². The van der Waals surface area contributed by atoms with E-state index in [2.05, 4.69) is 0 Å². The van der Waals surface area contributed by atoms with Crippen LogP contribution >= 0.6 is 0 Å². The smallest absolute Gasteiger partial charge is 0.460 e. The third-order valence-corrected chi connectivity index (χ3v) is 4.60. The van der Waals surface area contributed by atoms with Gasteiger partial charge in [-0.1, -0.05) is 25.1 Å². The number of hydrogen-bond acceptors (Lipinski definition) is 2. The molecule has 0 aromatic heterocycles. The van der Waals surface area contributed by atoms with Crippen LogP contribution in [-0.4, -0.2) is 47.0 Å². The highest BCUT2D eigenvalue weighted by molar-refractivity contribution is 5.36. The van der Waals surface area contributed by atoms with Crippen molar-refractivity contribution in [2.75, 3.05) is 0 Å². The minimum atomic E-state index is -7.99. The Labute approximate surface area is 178 Å². The Morgan fingerprint density at radius 1 is 0.667 bits per heavy atom. The molecular formula is C18H17F13O2. The van der Waals surface area contributed by atoms with Crippen molar-refractivity contribution < 1.29 is 66.9 Å². The van der Waals surface area contributed by atoms with Crippen LogP contribution < -0.4 is 4.74 Å². The lowest BCUT2D eigenvalue weighted by Gasteiger charge is -2.42. The average molecular weight is 512 g/mol. The molecule has 0 heterocycles. The van der Waals surface area contributed by atoms with Gasteiger partial charge in [-0.2, -0.15) is 57.1 Å². The van der Waals surface area contributed by atoms with E-state index in [9.17, 15) is 62.2 Å². The van der Waals surface area contributed by atoms with Crippen LogP contribution in [0.3, 0.4) is 0 Å². The third-order valence-electron chi connectivity index (χ3n) is 4.60. The van der Waals surface area contributed by atoms with E-state index in [4.69, 9.17) is 4.74 Å². The zero-order valence-electron chi connectivity index (χ0n) is 16.8. The van der Waals surface area contributed by atoms with Gasteiger partial charge in [0.1, 0.15) is 5.75 Å². The van der Waals surface area contributed by atoms with Crippen molar-refractivity contribution >= 4 is 0 Å². The minimum Gasteiger partial charge on any atom is -0.491 e. The molecule has 0 aliphatic heterocycles. The summed E-state index contributed by atoms with van der Waals surface area (Å²) in [6, 6.07) is 4.19. The SMILES string of the molecule is CC(C)Oc1ccccc1C(O)C(C)C(F)(F)C(F)(F)C(F)(F)C(F)(F)C(F)(F)C(F)(F)F. The Morgan fingerprint density at radius 2 is 1.09 bits per heavy atom. The Morgan fingerprint density at radius 3 is 1.52 bits per heavy atom. The largest absolute Gasteiger partial charge is 0.491 e. The maximum Gasteiger partial charge on any atom is 0.460 e. The molecule has 0 bridgehead atoms. The lowest BCUT2D eigenvalue weighted by Crippen LogP contribution is -2.71. The van der Waals surface area contributed by atoms with Crippen LogP contribution in [-0.2, 0) is 0 Å². The number of aliphatic hydroxyl groups excluding tert-OH is 1. The van der Waals surface area contributed by atoms with Crippen LogP contribution in [0.4, 0.5) is 57.1 Å².